The van der Waals surface area contributed by atoms with Gasteiger partial charge in [0.15, 0.2) is 0 Å². The van der Waals surface area contributed by atoms with Crippen molar-refractivity contribution in [2.45, 2.75) is 23.6 Å². The molecule has 0 radical (unpaired) electrons. The fourth-order valence-electron chi connectivity index (χ4n) is 2.28. The Hall–Kier alpha value is -2.27. The van der Waals surface area contributed by atoms with Gasteiger partial charge in [-0.15, -0.1) is 0 Å². The standard InChI is InChI=1S/C19H21NO3S/c1-13-9-10-16(18(21)20(3)12-14(2)19(22)23)17(11-13)24-15-7-5-4-6-8-15/h4-11,14H,12H2,1-3H3,(H,22,23). The maximum atomic E-state index is 12.7. The lowest BCUT2D eigenvalue weighted by Crippen LogP contribution is -2.34. The first kappa shape index (κ1) is 18.1. The Morgan fingerprint density at radius 1 is 1.17 bits per heavy atom. The minimum absolute atomic E-state index is 0.165. The average molecular weight is 343 g/mol. The van der Waals surface area contributed by atoms with Crippen LogP contribution in [-0.4, -0.2) is 35.5 Å². The fraction of sp³-hybridized carbons (Fsp3) is 0.263. The van der Waals surface area contributed by atoms with E-state index in [9.17, 15) is 9.59 Å². The lowest BCUT2D eigenvalue weighted by atomic mass is 10.1. The van der Waals surface area contributed by atoms with Crippen molar-refractivity contribution in [1.29, 1.82) is 0 Å². The number of rotatable bonds is 6. The molecule has 5 heteroatoms. The summed E-state index contributed by atoms with van der Waals surface area (Å²) in [6.07, 6.45) is 0. The first-order valence-electron chi connectivity index (χ1n) is 7.70. The number of amides is 1. The molecule has 1 atom stereocenters. The Labute approximate surface area is 146 Å². The van der Waals surface area contributed by atoms with Gasteiger partial charge < -0.3 is 10.0 Å². The molecule has 1 amide bonds. The molecule has 2 aromatic rings. The number of aryl methyl sites for hydroxylation is 1. The maximum absolute atomic E-state index is 12.7. The van der Waals surface area contributed by atoms with Gasteiger partial charge in [0.05, 0.1) is 11.5 Å². The first-order valence-corrected chi connectivity index (χ1v) is 8.52. The first-order chi connectivity index (χ1) is 11.4. The zero-order chi connectivity index (χ0) is 17.7. The third kappa shape index (κ3) is 4.61. The van der Waals surface area contributed by atoms with Crippen LogP contribution < -0.4 is 0 Å². The summed E-state index contributed by atoms with van der Waals surface area (Å²) < 4.78 is 0. The number of hydrogen-bond donors (Lipinski definition) is 1. The van der Waals surface area contributed by atoms with E-state index >= 15 is 0 Å². The number of carbonyl (C=O) groups excluding carboxylic acids is 1. The lowest BCUT2D eigenvalue weighted by molar-refractivity contribution is -0.141. The maximum Gasteiger partial charge on any atom is 0.308 e. The van der Waals surface area contributed by atoms with E-state index in [1.165, 1.54) is 16.7 Å². The van der Waals surface area contributed by atoms with Crippen LogP contribution in [-0.2, 0) is 4.79 Å². The van der Waals surface area contributed by atoms with E-state index in [2.05, 4.69) is 0 Å². The Kier molecular flexibility index (Phi) is 6.04. The number of benzene rings is 2. The van der Waals surface area contributed by atoms with Crippen molar-refractivity contribution in [2.75, 3.05) is 13.6 Å². The molecule has 0 bridgehead atoms. The van der Waals surface area contributed by atoms with Gasteiger partial charge in [0.25, 0.3) is 5.91 Å². The quantitative estimate of drug-likeness (QED) is 0.863. The van der Waals surface area contributed by atoms with E-state index in [0.717, 1.165) is 15.4 Å². The highest BCUT2D eigenvalue weighted by atomic mass is 32.2. The van der Waals surface area contributed by atoms with Gasteiger partial charge in [0.2, 0.25) is 0 Å². The molecule has 24 heavy (non-hydrogen) atoms. The van der Waals surface area contributed by atoms with Gasteiger partial charge in [-0.2, -0.15) is 0 Å². The molecule has 0 fully saturated rings. The van der Waals surface area contributed by atoms with Gasteiger partial charge in [-0.25, -0.2) is 0 Å². The summed E-state index contributed by atoms with van der Waals surface area (Å²) in [5.74, 6) is -1.67. The second-order valence-electron chi connectivity index (χ2n) is 5.84. The number of carbonyl (C=O) groups is 2. The predicted molar refractivity (Wildman–Crippen MR) is 95.5 cm³/mol. The lowest BCUT2D eigenvalue weighted by Gasteiger charge is -2.21. The van der Waals surface area contributed by atoms with Crippen LogP contribution in [0.3, 0.4) is 0 Å². The zero-order valence-corrected chi connectivity index (χ0v) is 14.8. The summed E-state index contributed by atoms with van der Waals surface area (Å²) in [6.45, 7) is 3.76. The summed E-state index contributed by atoms with van der Waals surface area (Å²) >= 11 is 1.54. The van der Waals surface area contributed by atoms with Gasteiger partial charge >= 0.3 is 5.97 Å². The third-order valence-corrected chi connectivity index (χ3v) is 4.72. The minimum atomic E-state index is -0.905. The van der Waals surface area contributed by atoms with Crippen molar-refractivity contribution in [1.82, 2.24) is 4.90 Å². The molecule has 0 aliphatic heterocycles. The van der Waals surface area contributed by atoms with Crippen molar-refractivity contribution in [3.63, 3.8) is 0 Å². The number of hydrogen-bond acceptors (Lipinski definition) is 3. The smallest absolute Gasteiger partial charge is 0.308 e. The van der Waals surface area contributed by atoms with Crippen LogP contribution in [0.4, 0.5) is 0 Å². The summed E-state index contributed by atoms with van der Waals surface area (Å²) in [5.41, 5.74) is 1.67. The van der Waals surface area contributed by atoms with Gasteiger partial charge in [0.1, 0.15) is 0 Å². The van der Waals surface area contributed by atoms with Gasteiger partial charge in [-0.1, -0.05) is 43.0 Å². The topological polar surface area (TPSA) is 57.6 Å². The molecule has 126 valence electrons. The molecule has 0 aliphatic carbocycles. The third-order valence-electron chi connectivity index (χ3n) is 3.65. The van der Waals surface area contributed by atoms with Gasteiger partial charge in [-0.05, 0) is 36.8 Å². The highest BCUT2D eigenvalue weighted by Gasteiger charge is 2.21. The molecule has 4 nitrogen and oxygen atoms in total. The van der Waals surface area contributed by atoms with Crippen LogP contribution in [0.1, 0.15) is 22.8 Å². The number of nitrogens with zero attached hydrogens (tertiary/aromatic N) is 1. The van der Waals surface area contributed by atoms with Crippen LogP contribution in [0.5, 0.6) is 0 Å². The van der Waals surface area contributed by atoms with E-state index in [1.807, 2.05) is 55.5 Å². The Morgan fingerprint density at radius 2 is 1.83 bits per heavy atom. The SMILES string of the molecule is Cc1ccc(C(=O)N(C)CC(C)C(=O)O)c(Sc2ccccc2)c1. The van der Waals surface area contributed by atoms with Gasteiger partial charge in [0, 0.05) is 23.4 Å². The molecule has 0 aliphatic rings. The van der Waals surface area contributed by atoms with Crippen LogP contribution in [0.2, 0.25) is 0 Å². The molecule has 1 N–H and O–H groups in total. The normalized spacial score (nSPS) is 11.8. The monoisotopic (exact) mass is 343 g/mol. The largest absolute Gasteiger partial charge is 0.481 e. The molecule has 0 aromatic heterocycles. The summed E-state index contributed by atoms with van der Waals surface area (Å²) in [5, 5.41) is 9.03. The summed E-state index contributed by atoms with van der Waals surface area (Å²) in [6, 6.07) is 15.6. The Bertz CT molecular complexity index is 731. The van der Waals surface area contributed by atoms with Crippen LogP contribution in [0.25, 0.3) is 0 Å². The van der Waals surface area contributed by atoms with Crippen molar-refractivity contribution in [3.05, 3.63) is 59.7 Å². The highest BCUT2D eigenvalue weighted by molar-refractivity contribution is 7.99. The van der Waals surface area contributed by atoms with Crippen LogP contribution >= 0.6 is 11.8 Å². The van der Waals surface area contributed by atoms with Crippen molar-refractivity contribution in [2.24, 2.45) is 5.92 Å². The van der Waals surface area contributed by atoms with E-state index in [0.29, 0.717) is 5.56 Å². The number of carboxylic acids is 1. The second kappa shape index (κ2) is 8.02. The highest BCUT2D eigenvalue weighted by Crippen LogP contribution is 2.31. The second-order valence-corrected chi connectivity index (χ2v) is 6.96. The molecule has 1 unspecified atom stereocenters. The predicted octanol–water partition coefficient (Wildman–Crippen LogP) is 3.94. The van der Waals surface area contributed by atoms with E-state index in [4.69, 9.17) is 5.11 Å². The summed E-state index contributed by atoms with van der Waals surface area (Å²) in [4.78, 5) is 27.2. The van der Waals surface area contributed by atoms with Crippen molar-refractivity contribution in [3.8, 4) is 0 Å². The summed E-state index contributed by atoms with van der Waals surface area (Å²) in [7, 11) is 1.64. The molecule has 0 saturated carbocycles. The van der Waals surface area contributed by atoms with E-state index < -0.39 is 11.9 Å². The van der Waals surface area contributed by atoms with Crippen LogP contribution in [0.15, 0.2) is 58.3 Å². The zero-order valence-electron chi connectivity index (χ0n) is 14.0. The fourth-order valence-corrected chi connectivity index (χ4v) is 3.34. The molecule has 2 aromatic carbocycles. The molecule has 0 saturated heterocycles. The molecular formula is C19H21NO3S. The Morgan fingerprint density at radius 3 is 2.46 bits per heavy atom. The Balaban J connectivity index is 2.26. The molecular weight excluding hydrogens is 322 g/mol. The minimum Gasteiger partial charge on any atom is -0.481 e. The van der Waals surface area contributed by atoms with E-state index in [1.54, 1.807) is 14.0 Å². The van der Waals surface area contributed by atoms with Crippen LogP contribution in [0, 0.1) is 12.8 Å². The number of aliphatic carboxylic acids is 1. The average Bonchev–Trinajstić information content (AvgIpc) is 2.55. The molecule has 0 heterocycles. The van der Waals surface area contributed by atoms with Crippen molar-refractivity contribution >= 4 is 23.6 Å². The molecule has 2 rings (SSSR count). The number of carboxylic acid groups (broad SMARTS) is 1. The molecule has 0 spiro atoms. The van der Waals surface area contributed by atoms with E-state index in [-0.39, 0.29) is 12.5 Å². The van der Waals surface area contributed by atoms with Gasteiger partial charge in [-0.3, -0.25) is 9.59 Å². The van der Waals surface area contributed by atoms with Crippen molar-refractivity contribution < 1.29 is 14.7 Å².